The van der Waals surface area contributed by atoms with E-state index in [-0.39, 0.29) is 31.6 Å². The van der Waals surface area contributed by atoms with E-state index in [1.807, 2.05) is 5.32 Å². The Kier molecular flexibility index (Phi) is 28.3. The molecule has 1 aromatic carbocycles. The van der Waals surface area contributed by atoms with Gasteiger partial charge in [0.15, 0.2) is 6.04 Å². The molecule has 9 amide bonds. The summed E-state index contributed by atoms with van der Waals surface area (Å²) in [4.78, 5) is 164. The van der Waals surface area contributed by atoms with E-state index in [0.717, 1.165) is 13.8 Å². The summed E-state index contributed by atoms with van der Waals surface area (Å²) in [6.07, 6.45) is -3.24. The lowest BCUT2D eigenvalue weighted by molar-refractivity contribution is -0.145. The molecule has 0 aliphatic rings. The summed E-state index contributed by atoms with van der Waals surface area (Å²) in [7, 11) is 0. The van der Waals surface area contributed by atoms with Crippen molar-refractivity contribution in [2.75, 3.05) is 13.2 Å². The van der Waals surface area contributed by atoms with Crippen LogP contribution in [0.3, 0.4) is 0 Å². The molecule has 80 heavy (non-hydrogen) atoms. The number of aromatic amines is 1. The van der Waals surface area contributed by atoms with Crippen molar-refractivity contribution in [1.82, 2.24) is 57.8 Å². The smallest absolute Gasteiger partial charge is 0.328 e. The van der Waals surface area contributed by atoms with Crippen LogP contribution in [0.1, 0.15) is 78.5 Å². The van der Waals surface area contributed by atoms with Crippen LogP contribution in [0, 0.1) is 11.8 Å². The van der Waals surface area contributed by atoms with Gasteiger partial charge in [-0.1, -0.05) is 58.0 Å². The predicted molar refractivity (Wildman–Crippen MR) is 276 cm³/mol. The molecule has 0 aliphatic carbocycles. The molecule has 0 saturated carbocycles. The Morgan fingerprint density at radius 1 is 0.525 bits per heavy atom. The summed E-state index contributed by atoms with van der Waals surface area (Å²) in [5.74, 6) is -15.6. The lowest BCUT2D eigenvalue weighted by atomic mass is 9.98. The number of nitrogens with two attached hydrogens (primary N) is 1. The zero-order chi connectivity index (χ0) is 60.6. The van der Waals surface area contributed by atoms with E-state index in [9.17, 15) is 88.2 Å². The van der Waals surface area contributed by atoms with Crippen molar-refractivity contribution in [3.8, 4) is 0 Å². The molecule has 1 aromatic heterocycles. The van der Waals surface area contributed by atoms with Crippen molar-refractivity contribution in [3.63, 3.8) is 0 Å². The van der Waals surface area contributed by atoms with E-state index >= 15 is 0 Å². The Hall–Kier alpha value is -8.13. The Labute approximate surface area is 458 Å². The Morgan fingerprint density at radius 3 is 1.45 bits per heavy atom. The van der Waals surface area contributed by atoms with E-state index in [1.54, 1.807) is 44.2 Å². The number of carboxylic acids is 3. The molecule has 0 bridgehead atoms. The number of rotatable bonds is 35. The maximum Gasteiger partial charge on any atom is 0.328 e. The number of carbonyl (C=O) groups excluding carboxylic acids is 9. The van der Waals surface area contributed by atoms with E-state index < -0.39 is 176 Å². The van der Waals surface area contributed by atoms with Gasteiger partial charge in [0.25, 0.3) is 0 Å². The SMILES string of the molecule is CC(C)C[C@H](NC(=O)[C@@H](NC(=O)[C@H](CC(=O)O)NC(=O)[C@H](CO)NC(=O)[C@@H](N)CCC(=O)O)C(C)C)C(=O)N[C@@H](Cc1cnc[nH]1)C(=O)N[C@@H](Cc1ccccc1)C(=O)N[C@H](C(=O)N[C@@H](CO)C(=O)N[C@H](C(=O)O)[C@@H](C)O)[C@@H](C)O. The first-order valence-corrected chi connectivity index (χ1v) is 25.2. The van der Waals surface area contributed by atoms with Gasteiger partial charge >= 0.3 is 17.9 Å². The molecule has 12 atom stereocenters. The van der Waals surface area contributed by atoms with Gasteiger partial charge in [-0.3, -0.25) is 52.7 Å². The fourth-order valence-corrected chi connectivity index (χ4v) is 7.48. The summed E-state index contributed by atoms with van der Waals surface area (Å²) >= 11 is 0. The fraction of sp³-hybridized carbons (Fsp3) is 0.571. The minimum absolute atomic E-state index is 0.0814. The molecule has 0 spiro atoms. The molecule has 1 heterocycles. The predicted octanol–water partition coefficient (Wildman–Crippen LogP) is -6.24. The summed E-state index contributed by atoms with van der Waals surface area (Å²) in [6, 6.07) is -8.70. The highest BCUT2D eigenvalue weighted by Crippen LogP contribution is 2.12. The van der Waals surface area contributed by atoms with E-state index in [1.165, 1.54) is 26.4 Å². The van der Waals surface area contributed by atoms with E-state index in [2.05, 4.69) is 52.5 Å². The van der Waals surface area contributed by atoms with Gasteiger partial charge < -0.3 is 94.3 Å². The van der Waals surface area contributed by atoms with Crippen LogP contribution in [0.15, 0.2) is 42.9 Å². The van der Waals surface area contributed by atoms with Crippen LogP contribution in [0.4, 0.5) is 0 Å². The first-order valence-electron chi connectivity index (χ1n) is 25.2. The minimum Gasteiger partial charge on any atom is -0.481 e. The molecule has 0 unspecified atom stereocenters. The highest BCUT2D eigenvalue weighted by atomic mass is 16.4. The number of nitrogens with zero attached hydrogens (tertiary/aromatic N) is 1. The van der Waals surface area contributed by atoms with Crippen molar-refractivity contribution in [3.05, 3.63) is 54.1 Å². The number of benzene rings is 1. The number of imidazole rings is 1. The maximum absolute atomic E-state index is 14.4. The number of aliphatic carboxylic acids is 3. The monoisotopic (exact) mass is 1130 g/mol. The normalized spacial score (nSPS) is 15.7. The Balaban J connectivity index is 2.45. The highest BCUT2D eigenvalue weighted by Gasteiger charge is 2.38. The quantitative estimate of drug-likeness (QED) is 0.0305. The van der Waals surface area contributed by atoms with Gasteiger partial charge in [0.2, 0.25) is 53.2 Å². The van der Waals surface area contributed by atoms with Gasteiger partial charge in [-0.25, -0.2) is 9.78 Å². The van der Waals surface area contributed by atoms with Crippen LogP contribution in [0.2, 0.25) is 0 Å². The second-order valence-electron chi connectivity index (χ2n) is 19.5. The third kappa shape index (κ3) is 23.1. The molecule has 2 aromatic rings. The zero-order valence-electron chi connectivity index (χ0n) is 44.8. The highest BCUT2D eigenvalue weighted by molar-refractivity contribution is 5.99. The van der Waals surface area contributed by atoms with Crippen LogP contribution in [-0.4, -0.2) is 203 Å². The van der Waals surface area contributed by atoms with Crippen molar-refractivity contribution in [2.24, 2.45) is 17.6 Å². The minimum atomic E-state index is -1.92. The lowest BCUT2D eigenvalue weighted by Crippen LogP contribution is -2.63. The molecule has 0 radical (unpaired) electrons. The molecular formula is C49H74N12O19. The Morgan fingerprint density at radius 2 is 0.963 bits per heavy atom. The van der Waals surface area contributed by atoms with Gasteiger partial charge in [-0.05, 0) is 44.1 Å². The molecule has 31 nitrogen and oxygen atoms in total. The van der Waals surface area contributed by atoms with Crippen LogP contribution < -0.4 is 53.6 Å². The van der Waals surface area contributed by atoms with Gasteiger partial charge in [0.1, 0.15) is 48.3 Å². The second kappa shape index (κ2) is 33.3. The number of hydrogen-bond acceptors (Lipinski definition) is 18. The number of carbonyl (C=O) groups is 12. The topological polar surface area (TPSA) is 509 Å². The number of H-pyrrole nitrogens is 1. The summed E-state index contributed by atoms with van der Waals surface area (Å²) in [6.45, 7) is 6.39. The van der Waals surface area contributed by atoms with E-state index in [0.29, 0.717) is 11.3 Å². The first-order chi connectivity index (χ1) is 37.5. The van der Waals surface area contributed by atoms with Gasteiger partial charge in [-0.2, -0.15) is 0 Å². The van der Waals surface area contributed by atoms with Crippen LogP contribution in [0.25, 0.3) is 0 Å². The average molecular weight is 1140 g/mol. The third-order valence-corrected chi connectivity index (χ3v) is 11.9. The number of aromatic nitrogens is 2. The van der Waals surface area contributed by atoms with Crippen LogP contribution >= 0.6 is 0 Å². The van der Waals surface area contributed by atoms with Crippen molar-refractivity contribution >= 4 is 71.1 Å². The summed E-state index contributed by atoms with van der Waals surface area (Å²) in [5.41, 5.74) is 6.46. The van der Waals surface area contributed by atoms with Crippen molar-refractivity contribution < 1.29 is 93.3 Å². The second-order valence-corrected chi connectivity index (χ2v) is 19.5. The molecule has 0 saturated heterocycles. The van der Waals surface area contributed by atoms with Crippen molar-refractivity contribution in [1.29, 1.82) is 0 Å². The Bertz CT molecular complexity index is 2440. The number of nitrogens with one attached hydrogen (secondary N) is 10. The van der Waals surface area contributed by atoms with Crippen LogP contribution in [-0.2, 0) is 70.4 Å². The van der Waals surface area contributed by atoms with Gasteiger partial charge in [0.05, 0.1) is 44.2 Å². The molecular weight excluding hydrogens is 1060 g/mol. The largest absolute Gasteiger partial charge is 0.481 e. The van der Waals surface area contributed by atoms with Gasteiger partial charge in [-0.15, -0.1) is 0 Å². The molecule has 31 heteroatoms. The molecule has 444 valence electrons. The standard InChI is InChI=1S/C49H74N12O19/c1-22(2)14-29(56-47(77)37(23(3)4)59-44(74)32(17-36(68)69)55-45(75)33(19-62)57-40(70)28(50)12-13-35(66)67)41(71)54-31(16-27-18-51-21-52-27)42(72)53-30(15-26-10-8-7-9-11-26)43(73)60-38(24(5)64)48(78)58-34(20-63)46(76)61-39(25(6)65)49(79)80/h7-11,18,21-25,28-34,37-39,62-65H,12-17,19-20,50H2,1-6H3,(H,51,52)(H,53,72)(H,54,71)(H,55,75)(H,56,77)(H,57,70)(H,58,78)(H,59,74)(H,60,73)(H,61,76)(H,66,67)(H,68,69)(H,79,80)/t24-,25-,28+,29+,30+,31+,32+,33+,34+,37+,38+,39+/m1/s1. The molecule has 19 N–H and O–H groups in total. The molecule has 0 aliphatic heterocycles. The molecule has 0 fully saturated rings. The number of aliphatic hydroxyl groups is 4. The lowest BCUT2D eigenvalue weighted by Gasteiger charge is -2.29. The fourth-order valence-electron chi connectivity index (χ4n) is 7.48. The van der Waals surface area contributed by atoms with Crippen molar-refractivity contribution in [2.45, 2.75) is 153 Å². The maximum atomic E-state index is 14.4. The number of aliphatic hydroxyl groups excluding tert-OH is 4. The number of carboxylic acid groups (broad SMARTS) is 3. The average Bonchev–Trinajstić information content (AvgIpc) is 3.90. The van der Waals surface area contributed by atoms with E-state index in [4.69, 9.17) is 10.8 Å². The van der Waals surface area contributed by atoms with Gasteiger partial charge in [0, 0.05) is 31.2 Å². The summed E-state index contributed by atoms with van der Waals surface area (Å²) in [5, 5.41) is 88.8. The number of hydrogen-bond donors (Lipinski definition) is 18. The third-order valence-electron chi connectivity index (χ3n) is 11.9. The molecule has 2 rings (SSSR count). The number of amides is 9. The summed E-state index contributed by atoms with van der Waals surface area (Å²) < 4.78 is 0. The van der Waals surface area contributed by atoms with Crippen LogP contribution in [0.5, 0.6) is 0 Å². The first kappa shape index (κ1) is 68.0. The zero-order valence-corrected chi connectivity index (χ0v) is 44.8.